The van der Waals surface area contributed by atoms with Gasteiger partial charge in [-0.1, -0.05) is 0 Å². The molecule has 152 valence electrons. The fourth-order valence-corrected chi connectivity index (χ4v) is 4.00. The van der Waals surface area contributed by atoms with Gasteiger partial charge in [0.1, 0.15) is 15.6 Å². The molecule has 1 aromatic carbocycles. The Morgan fingerprint density at radius 1 is 1.36 bits per heavy atom. The van der Waals surface area contributed by atoms with E-state index in [9.17, 15) is 9.59 Å². The monoisotopic (exact) mass is 424 g/mol. The number of carbonyl (C=O) groups is 2. The van der Waals surface area contributed by atoms with Crippen molar-refractivity contribution in [1.82, 2.24) is 15.2 Å². The number of rotatable bonds is 6. The van der Waals surface area contributed by atoms with Crippen LogP contribution in [0.25, 0.3) is 10.6 Å². The van der Waals surface area contributed by atoms with Crippen LogP contribution in [0.15, 0.2) is 30.5 Å². The molecule has 1 aromatic heterocycles. The zero-order valence-electron chi connectivity index (χ0n) is 15.7. The normalized spacial score (nSPS) is 16.2. The third-order valence-electron chi connectivity index (χ3n) is 4.58. The topological polar surface area (TPSA) is 97.5 Å². The SMILES string of the molecule is COc1ccc(-c2ncc(C(=O)N3CCCC(C(=O)NCCN)C3)s2)cc1.Cl. The lowest BCUT2D eigenvalue weighted by Gasteiger charge is -2.31. The van der Waals surface area contributed by atoms with E-state index in [2.05, 4.69) is 10.3 Å². The smallest absolute Gasteiger partial charge is 0.265 e. The van der Waals surface area contributed by atoms with Crippen molar-refractivity contribution in [2.24, 2.45) is 11.7 Å². The number of amides is 2. The molecule has 9 heteroatoms. The molecule has 1 unspecified atom stereocenters. The van der Waals surface area contributed by atoms with Crippen molar-refractivity contribution in [2.45, 2.75) is 12.8 Å². The number of methoxy groups -OCH3 is 1. The summed E-state index contributed by atoms with van der Waals surface area (Å²) in [5.74, 6) is 0.506. The van der Waals surface area contributed by atoms with Crippen LogP contribution in [0.1, 0.15) is 22.5 Å². The highest BCUT2D eigenvalue weighted by Crippen LogP contribution is 2.28. The Hall–Kier alpha value is -2.16. The molecule has 2 aromatic rings. The van der Waals surface area contributed by atoms with E-state index in [4.69, 9.17) is 10.5 Å². The number of likely N-dealkylation sites (tertiary alicyclic amines) is 1. The second-order valence-electron chi connectivity index (χ2n) is 6.43. The third-order valence-corrected chi connectivity index (χ3v) is 5.61. The Morgan fingerprint density at radius 3 is 2.79 bits per heavy atom. The van der Waals surface area contributed by atoms with Crippen LogP contribution in [0.4, 0.5) is 0 Å². The van der Waals surface area contributed by atoms with Gasteiger partial charge in [0.2, 0.25) is 5.91 Å². The second-order valence-corrected chi connectivity index (χ2v) is 7.46. The average Bonchev–Trinajstić information content (AvgIpc) is 3.21. The molecule has 0 spiro atoms. The summed E-state index contributed by atoms with van der Waals surface area (Å²) in [4.78, 5) is 31.8. The largest absolute Gasteiger partial charge is 0.497 e. The molecule has 1 atom stereocenters. The predicted octanol–water partition coefficient (Wildman–Crippen LogP) is 2.17. The molecule has 1 fully saturated rings. The van der Waals surface area contributed by atoms with Gasteiger partial charge >= 0.3 is 0 Å². The fourth-order valence-electron chi connectivity index (χ4n) is 3.11. The summed E-state index contributed by atoms with van der Waals surface area (Å²) in [6.45, 7) is 1.97. The van der Waals surface area contributed by atoms with Gasteiger partial charge in [-0.25, -0.2) is 4.98 Å². The van der Waals surface area contributed by atoms with Crippen LogP contribution in [0, 0.1) is 5.92 Å². The van der Waals surface area contributed by atoms with Crippen LogP contribution in [0.5, 0.6) is 5.75 Å². The highest BCUT2D eigenvalue weighted by atomic mass is 35.5. The molecule has 1 aliphatic rings. The summed E-state index contributed by atoms with van der Waals surface area (Å²) >= 11 is 1.36. The Bertz CT molecular complexity index is 797. The van der Waals surface area contributed by atoms with E-state index in [1.54, 1.807) is 18.2 Å². The quantitative estimate of drug-likeness (QED) is 0.740. The number of piperidine rings is 1. The van der Waals surface area contributed by atoms with E-state index in [-0.39, 0.29) is 30.1 Å². The standard InChI is InChI=1S/C19H24N4O3S.ClH/c1-26-15-6-4-13(5-7-15)18-22-11-16(27-18)19(25)23-10-2-3-14(12-23)17(24)21-9-8-20;/h4-7,11,14H,2-3,8-10,12,20H2,1H3,(H,21,24);1H. The first-order valence-corrected chi connectivity index (χ1v) is 9.81. The number of aromatic nitrogens is 1. The van der Waals surface area contributed by atoms with Crippen LogP contribution in [0.3, 0.4) is 0 Å². The van der Waals surface area contributed by atoms with Crippen LogP contribution in [-0.4, -0.2) is 55.0 Å². The first kappa shape index (κ1) is 22.1. The van der Waals surface area contributed by atoms with Crippen molar-refractivity contribution < 1.29 is 14.3 Å². The highest BCUT2D eigenvalue weighted by Gasteiger charge is 2.29. The Balaban J connectivity index is 0.00000280. The number of ether oxygens (including phenoxy) is 1. The maximum Gasteiger partial charge on any atom is 0.265 e. The molecular weight excluding hydrogens is 400 g/mol. The molecule has 0 aliphatic carbocycles. The van der Waals surface area contributed by atoms with Gasteiger partial charge in [0.05, 0.1) is 19.2 Å². The Morgan fingerprint density at radius 2 is 2.11 bits per heavy atom. The van der Waals surface area contributed by atoms with Crippen LogP contribution in [-0.2, 0) is 4.79 Å². The fraction of sp³-hybridized carbons (Fsp3) is 0.421. The van der Waals surface area contributed by atoms with E-state index in [0.717, 1.165) is 29.2 Å². The van der Waals surface area contributed by atoms with Crippen molar-refractivity contribution in [3.63, 3.8) is 0 Å². The number of benzene rings is 1. The molecule has 2 heterocycles. The van der Waals surface area contributed by atoms with E-state index >= 15 is 0 Å². The van der Waals surface area contributed by atoms with E-state index in [0.29, 0.717) is 31.1 Å². The van der Waals surface area contributed by atoms with Crippen molar-refractivity contribution in [3.05, 3.63) is 35.3 Å². The number of hydrogen-bond donors (Lipinski definition) is 2. The third kappa shape index (κ3) is 5.21. The summed E-state index contributed by atoms with van der Waals surface area (Å²) in [5.41, 5.74) is 6.37. The van der Waals surface area contributed by atoms with Gasteiger partial charge in [-0.05, 0) is 37.1 Å². The van der Waals surface area contributed by atoms with Gasteiger partial charge in [0.15, 0.2) is 0 Å². The molecule has 1 saturated heterocycles. The second kappa shape index (κ2) is 10.4. The van der Waals surface area contributed by atoms with E-state index in [1.807, 2.05) is 24.3 Å². The van der Waals surface area contributed by atoms with Gasteiger partial charge in [-0.15, -0.1) is 23.7 Å². The molecular formula is C19H25ClN4O3S. The lowest BCUT2D eigenvalue weighted by atomic mass is 9.97. The molecule has 2 amide bonds. The van der Waals surface area contributed by atoms with Crippen LogP contribution in [0.2, 0.25) is 0 Å². The molecule has 0 bridgehead atoms. The van der Waals surface area contributed by atoms with Crippen LogP contribution < -0.4 is 15.8 Å². The predicted molar refractivity (Wildman–Crippen MR) is 112 cm³/mol. The number of hydrogen-bond acceptors (Lipinski definition) is 6. The average molecular weight is 425 g/mol. The number of carbonyl (C=O) groups excluding carboxylic acids is 2. The number of nitrogens with zero attached hydrogens (tertiary/aromatic N) is 2. The van der Waals surface area contributed by atoms with Crippen molar-refractivity contribution in [1.29, 1.82) is 0 Å². The Kier molecular flexibility index (Phi) is 8.22. The molecule has 3 N–H and O–H groups in total. The molecule has 3 rings (SSSR count). The zero-order chi connectivity index (χ0) is 19.2. The maximum atomic E-state index is 12.9. The minimum atomic E-state index is -0.178. The molecule has 1 aliphatic heterocycles. The van der Waals surface area contributed by atoms with Gasteiger partial charge in [0.25, 0.3) is 5.91 Å². The summed E-state index contributed by atoms with van der Waals surface area (Å²) in [7, 11) is 1.62. The zero-order valence-corrected chi connectivity index (χ0v) is 17.4. The minimum Gasteiger partial charge on any atom is -0.497 e. The highest BCUT2D eigenvalue weighted by molar-refractivity contribution is 7.16. The summed E-state index contributed by atoms with van der Waals surface area (Å²) < 4.78 is 5.16. The lowest BCUT2D eigenvalue weighted by Crippen LogP contribution is -2.46. The number of thiazole rings is 1. The van der Waals surface area contributed by atoms with Crippen molar-refractivity contribution in [2.75, 3.05) is 33.3 Å². The molecule has 28 heavy (non-hydrogen) atoms. The molecule has 0 radical (unpaired) electrons. The van der Waals surface area contributed by atoms with Gasteiger partial charge in [-0.3, -0.25) is 9.59 Å². The molecule has 7 nitrogen and oxygen atoms in total. The first-order chi connectivity index (χ1) is 13.1. The van der Waals surface area contributed by atoms with E-state index in [1.165, 1.54) is 11.3 Å². The minimum absolute atomic E-state index is 0. The van der Waals surface area contributed by atoms with Crippen molar-refractivity contribution >= 4 is 35.6 Å². The number of nitrogens with one attached hydrogen (secondary N) is 1. The van der Waals surface area contributed by atoms with Crippen molar-refractivity contribution in [3.8, 4) is 16.3 Å². The first-order valence-electron chi connectivity index (χ1n) is 8.99. The maximum absolute atomic E-state index is 12.9. The summed E-state index contributed by atoms with van der Waals surface area (Å²) in [6.07, 6.45) is 3.22. The number of halogens is 1. The summed E-state index contributed by atoms with van der Waals surface area (Å²) in [6, 6.07) is 7.58. The van der Waals surface area contributed by atoms with Gasteiger partial charge < -0.3 is 20.7 Å². The number of nitrogens with two attached hydrogens (primary N) is 1. The van der Waals surface area contributed by atoms with Gasteiger partial charge in [-0.2, -0.15) is 0 Å². The Labute approximate surface area is 174 Å². The van der Waals surface area contributed by atoms with Gasteiger partial charge in [0, 0.05) is 31.7 Å². The lowest BCUT2D eigenvalue weighted by molar-refractivity contribution is -0.126. The van der Waals surface area contributed by atoms with Crippen LogP contribution >= 0.6 is 23.7 Å². The molecule has 0 saturated carbocycles. The van der Waals surface area contributed by atoms with E-state index < -0.39 is 0 Å². The summed E-state index contributed by atoms with van der Waals surface area (Å²) in [5, 5.41) is 3.60.